The van der Waals surface area contributed by atoms with Crippen molar-refractivity contribution in [2.75, 3.05) is 19.6 Å². The van der Waals surface area contributed by atoms with Gasteiger partial charge < -0.3 is 10.2 Å². The van der Waals surface area contributed by atoms with Gasteiger partial charge >= 0.3 is 0 Å². The van der Waals surface area contributed by atoms with Gasteiger partial charge in [-0.2, -0.15) is 0 Å². The molecule has 2 atom stereocenters. The normalized spacial score (nSPS) is 22.6. The number of nitrogens with zero attached hydrogens (tertiary/aromatic N) is 3. The molecule has 158 valence electrons. The topological polar surface area (TPSA) is 67.2 Å². The van der Waals surface area contributed by atoms with Crippen LogP contribution in [-0.2, 0) is 11.3 Å². The fourth-order valence-electron chi connectivity index (χ4n) is 5.05. The van der Waals surface area contributed by atoms with E-state index in [0.29, 0.717) is 36.1 Å². The average Bonchev–Trinajstić information content (AvgIpc) is 2.99. The maximum atomic E-state index is 13.0. The van der Waals surface area contributed by atoms with E-state index in [9.17, 15) is 9.59 Å². The highest BCUT2D eigenvalue weighted by molar-refractivity contribution is 7.18. The summed E-state index contributed by atoms with van der Waals surface area (Å²) in [5.74, 6) is 1.27. The Morgan fingerprint density at radius 1 is 1.17 bits per heavy atom. The number of fused-ring (bicyclic) bond motifs is 2. The zero-order valence-corrected chi connectivity index (χ0v) is 18.6. The number of piperidine rings is 2. The summed E-state index contributed by atoms with van der Waals surface area (Å²) in [5.41, 5.74) is 0.988. The lowest BCUT2D eigenvalue weighted by Crippen LogP contribution is -2.51. The third-order valence-electron chi connectivity index (χ3n) is 6.83. The van der Waals surface area contributed by atoms with Crippen LogP contribution in [0.15, 0.2) is 4.79 Å². The van der Waals surface area contributed by atoms with E-state index in [1.807, 2.05) is 20.8 Å². The van der Waals surface area contributed by atoms with Crippen molar-refractivity contribution < 1.29 is 4.79 Å². The molecule has 2 aliphatic heterocycles. The number of rotatable bonds is 5. The van der Waals surface area contributed by atoms with Gasteiger partial charge in [-0.25, -0.2) is 4.98 Å². The number of carbonyl (C=O) groups is 1. The van der Waals surface area contributed by atoms with Crippen LogP contribution < -0.4 is 10.9 Å². The third-order valence-corrected chi connectivity index (χ3v) is 7.93. The van der Waals surface area contributed by atoms with Crippen LogP contribution in [0.5, 0.6) is 0 Å². The Morgan fingerprint density at radius 3 is 2.79 bits per heavy atom. The molecule has 0 spiro atoms. The van der Waals surface area contributed by atoms with E-state index in [-0.39, 0.29) is 11.5 Å². The van der Waals surface area contributed by atoms with E-state index in [0.717, 1.165) is 21.8 Å². The van der Waals surface area contributed by atoms with Crippen molar-refractivity contribution in [1.82, 2.24) is 19.8 Å². The number of aryl methyl sites for hydroxylation is 3. The predicted molar refractivity (Wildman–Crippen MR) is 118 cm³/mol. The minimum absolute atomic E-state index is 0.0210. The molecule has 0 saturated carbocycles. The van der Waals surface area contributed by atoms with Crippen molar-refractivity contribution in [3.8, 4) is 0 Å². The van der Waals surface area contributed by atoms with Crippen LogP contribution in [-0.4, -0.2) is 46.0 Å². The molecule has 2 aromatic rings. The van der Waals surface area contributed by atoms with E-state index in [1.165, 1.54) is 45.2 Å². The first-order valence-corrected chi connectivity index (χ1v) is 11.7. The molecule has 0 bridgehead atoms. The number of hydrogen-bond donors (Lipinski definition) is 1. The van der Waals surface area contributed by atoms with Crippen molar-refractivity contribution in [3.63, 3.8) is 0 Å². The van der Waals surface area contributed by atoms with Crippen LogP contribution in [0.3, 0.4) is 0 Å². The standard InChI is InChI=1S/C22H32N4O2S/c1-14-15(2)29-21-20(14)22(28)26(16(3)24-21)12-9-19(27)23-13-17-7-6-11-25-10-5-4-8-18(17)25/h17-18H,4-13H2,1-3H3,(H,23,27). The first-order valence-electron chi connectivity index (χ1n) is 10.9. The van der Waals surface area contributed by atoms with E-state index in [1.54, 1.807) is 15.9 Å². The number of amides is 1. The minimum Gasteiger partial charge on any atom is -0.356 e. The summed E-state index contributed by atoms with van der Waals surface area (Å²) < 4.78 is 1.66. The molecule has 0 aliphatic carbocycles. The van der Waals surface area contributed by atoms with Crippen molar-refractivity contribution in [1.29, 1.82) is 0 Å². The van der Waals surface area contributed by atoms with Gasteiger partial charge in [0.05, 0.1) is 5.39 Å². The minimum atomic E-state index is -0.0210. The van der Waals surface area contributed by atoms with Gasteiger partial charge in [-0.1, -0.05) is 6.42 Å². The molecule has 1 N–H and O–H groups in total. The van der Waals surface area contributed by atoms with E-state index < -0.39 is 0 Å². The molecule has 0 radical (unpaired) electrons. The van der Waals surface area contributed by atoms with Gasteiger partial charge in [0.25, 0.3) is 5.56 Å². The molecule has 4 rings (SSSR count). The molecule has 2 unspecified atom stereocenters. The van der Waals surface area contributed by atoms with E-state index in [4.69, 9.17) is 0 Å². The third kappa shape index (κ3) is 4.12. The smallest absolute Gasteiger partial charge is 0.262 e. The Bertz CT molecular complexity index is 962. The number of nitrogens with one attached hydrogen (secondary N) is 1. The number of aromatic nitrogens is 2. The summed E-state index contributed by atoms with van der Waals surface area (Å²) >= 11 is 1.57. The molecule has 4 heterocycles. The second-order valence-electron chi connectivity index (χ2n) is 8.63. The molecule has 2 aliphatic rings. The maximum absolute atomic E-state index is 13.0. The van der Waals surface area contributed by atoms with Crippen LogP contribution in [0.4, 0.5) is 0 Å². The van der Waals surface area contributed by atoms with Crippen LogP contribution in [0, 0.1) is 26.7 Å². The van der Waals surface area contributed by atoms with Crippen LogP contribution in [0.25, 0.3) is 10.2 Å². The van der Waals surface area contributed by atoms with Gasteiger partial charge in [0.1, 0.15) is 10.7 Å². The number of hydrogen-bond acceptors (Lipinski definition) is 5. The molecule has 6 nitrogen and oxygen atoms in total. The van der Waals surface area contributed by atoms with Gasteiger partial charge in [0, 0.05) is 30.4 Å². The Morgan fingerprint density at radius 2 is 1.97 bits per heavy atom. The van der Waals surface area contributed by atoms with Crippen molar-refractivity contribution in [2.24, 2.45) is 5.92 Å². The molecular formula is C22H32N4O2S. The zero-order valence-electron chi connectivity index (χ0n) is 17.8. The molecule has 2 fully saturated rings. The van der Waals surface area contributed by atoms with Crippen molar-refractivity contribution in [3.05, 3.63) is 26.6 Å². The zero-order chi connectivity index (χ0) is 20.5. The molecule has 2 aromatic heterocycles. The largest absolute Gasteiger partial charge is 0.356 e. The Balaban J connectivity index is 1.37. The van der Waals surface area contributed by atoms with Crippen LogP contribution >= 0.6 is 11.3 Å². The Labute approximate surface area is 176 Å². The number of carbonyl (C=O) groups excluding carboxylic acids is 1. The highest BCUT2D eigenvalue weighted by Crippen LogP contribution is 2.30. The van der Waals surface area contributed by atoms with Crippen molar-refractivity contribution in [2.45, 2.75) is 71.9 Å². The first-order chi connectivity index (χ1) is 14.0. The highest BCUT2D eigenvalue weighted by Gasteiger charge is 2.32. The summed E-state index contributed by atoms with van der Waals surface area (Å²) in [6.45, 7) is 9.42. The molecule has 0 aromatic carbocycles. The maximum Gasteiger partial charge on any atom is 0.262 e. The van der Waals surface area contributed by atoms with Crippen LogP contribution in [0.2, 0.25) is 0 Å². The molecular weight excluding hydrogens is 384 g/mol. The second-order valence-corrected chi connectivity index (χ2v) is 9.84. The van der Waals surface area contributed by atoms with Crippen molar-refractivity contribution >= 4 is 27.5 Å². The summed E-state index contributed by atoms with van der Waals surface area (Å²) in [5, 5.41) is 3.85. The second kappa shape index (κ2) is 8.56. The van der Waals surface area contributed by atoms with Gasteiger partial charge in [0.2, 0.25) is 5.91 Å². The fraction of sp³-hybridized carbons (Fsp3) is 0.682. The summed E-state index contributed by atoms with van der Waals surface area (Å²) in [6.07, 6.45) is 6.64. The van der Waals surface area contributed by atoms with Crippen LogP contribution in [0.1, 0.15) is 54.8 Å². The SMILES string of the molecule is Cc1sc2nc(C)n(CCC(=O)NCC3CCCN4CCCCC34)c(=O)c2c1C. The lowest BCUT2D eigenvalue weighted by Gasteiger charge is -2.44. The van der Waals surface area contributed by atoms with Gasteiger partial charge in [-0.05, 0) is 71.0 Å². The first kappa shape index (κ1) is 20.5. The lowest BCUT2D eigenvalue weighted by atomic mass is 9.83. The average molecular weight is 417 g/mol. The predicted octanol–water partition coefficient (Wildman–Crippen LogP) is 3.15. The number of thiophene rings is 1. The highest BCUT2D eigenvalue weighted by atomic mass is 32.1. The van der Waals surface area contributed by atoms with Gasteiger partial charge in [-0.3, -0.25) is 14.2 Å². The molecule has 1 amide bonds. The monoisotopic (exact) mass is 416 g/mol. The quantitative estimate of drug-likeness (QED) is 0.813. The Hall–Kier alpha value is -1.73. The molecule has 29 heavy (non-hydrogen) atoms. The van der Waals surface area contributed by atoms with Gasteiger partial charge in [0.15, 0.2) is 0 Å². The summed E-state index contributed by atoms with van der Waals surface area (Å²) in [4.78, 5) is 34.6. The summed E-state index contributed by atoms with van der Waals surface area (Å²) in [7, 11) is 0. The lowest BCUT2D eigenvalue weighted by molar-refractivity contribution is -0.121. The summed E-state index contributed by atoms with van der Waals surface area (Å²) in [6, 6.07) is 0.638. The van der Waals surface area contributed by atoms with E-state index in [2.05, 4.69) is 15.2 Å². The fourth-order valence-corrected chi connectivity index (χ4v) is 6.12. The molecule has 7 heteroatoms. The Kier molecular flexibility index (Phi) is 6.06. The van der Waals surface area contributed by atoms with E-state index >= 15 is 0 Å². The molecule has 2 saturated heterocycles. The van der Waals surface area contributed by atoms with Gasteiger partial charge in [-0.15, -0.1) is 11.3 Å².